The van der Waals surface area contributed by atoms with E-state index in [1.54, 1.807) is 18.7 Å². The molecule has 0 N–H and O–H groups in total. The molecule has 1 aliphatic heterocycles. The number of ether oxygens (including phenoxy) is 1. The second kappa shape index (κ2) is 6.51. The molecule has 0 spiro atoms. The highest BCUT2D eigenvalue weighted by atomic mass is 16.5. The van der Waals surface area contributed by atoms with E-state index in [2.05, 4.69) is 0 Å². The minimum Gasteiger partial charge on any atom is -0.465 e. The number of furan rings is 1. The van der Waals surface area contributed by atoms with E-state index in [-0.39, 0.29) is 12.5 Å². The highest BCUT2D eigenvalue weighted by Gasteiger charge is 2.25. The van der Waals surface area contributed by atoms with E-state index in [4.69, 9.17) is 9.15 Å². The normalized spacial score (nSPS) is 13.5. The summed E-state index contributed by atoms with van der Waals surface area (Å²) in [5.74, 6) is 0.494. The minimum atomic E-state index is -0.513. The first kappa shape index (κ1) is 16.3. The van der Waals surface area contributed by atoms with E-state index in [1.165, 1.54) is 0 Å². The monoisotopic (exact) mass is 327 g/mol. The van der Waals surface area contributed by atoms with Crippen molar-refractivity contribution in [1.29, 1.82) is 0 Å². The molecule has 0 atom stereocenters. The van der Waals surface area contributed by atoms with Crippen molar-refractivity contribution in [3.8, 4) is 0 Å². The lowest BCUT2D eigenvalue weighted by molar-refractivity contribution is -0.121. The quantitative estimate of drug-likeness (QED) is 0.811. The van der Waals surface area contributed by atoms with Crippen LogP contribution in [0.15, 0.2) is 28.7 Å². The van der Waals surface area contributed by atoms with Gasteiger partial charge in [0.25, 0.3) is 5.91 Å². The van der Waals surface area contributed by atoms with E-state index in [0.717, 1.165) is 29.7 Å². The summed E-state index contributed by atoms with van der Waals surface area (Å²) in [5, 5.41) is 0. The number of hydrogen-bond acceptors (Lipinski definition) is 4. The summed E-state index contributed by atoms with van der Waals surface area (Å²) in [7, 11) is 0. The molecule has 0 aliphatic carbocycles. The van der Waals surface area contributed by atoms with Crippen LogP contribution < -0.4 is 4.90 Å². The van der Waals surface area contributed by atoms with Gasteiger partial charge in [-0.3, -0.25) is 4.79 Å². The lowest BCUT2D eigenvalue weighted by Crippen LogP contribution is -2.38. The summed E-state index contributed by atoms with van der Waals surface area (Å²) in [6, 6.07) is 7.85. The van der Waals surface area contributed by atoms with Gasteiger partial charge in [-0.15, -0.1) is 0 Å². The van der Waals surface area contributed by atoms with E-state index in [1.807, 2.05) is 31.2 Å². The van der Waals surface area contributed by atoms with Gasteiger partial charge >= 0.3 is 5.97 Å². The smallest absolute Gasteiger partial charge is 0.342 e. The van der Waals surface area contributed by atoms with Crippen LogP contribution in [0.2, 0.25) is 0 Å². The molecule has 0 fully saturated rings. The molecule has 0 unspecified atom stereocenters. The number of para-hydroxylation sites is 1. The van der Waals surface area contributed by atoms with Crippen LogP contribution in [-0.4, -0.2) is 25.0 Å². The molecular weight excluding hydrogens is 306 g/mol. The van der Waals surface area contributed by atoms with Crippen LogP contribution in [0.25, 0.3) is 0 Å². The fourth-order valence-corrected chi connectivity index (χ4v) is 3.16. The highest BCUT2D eigenvalue weighted by Crippen LogP contribution is 2.27. The van der Waals surface area contributed by atoms with Gasteiger partial charge in [-0.2, -0.15) is 0 Å². The number of hydrogen-bond donors (Lipinski definition) is 0. The van der Waals surface area contributed by atoms with Crippen molar-refractivity contribution in [3.63, 3.8) is 0 Å². The summed E-state index contributed by atoms with van der Waals surface area (Å²) < 4.78 is 10.7. The predicted octanol–water partition coefficient (Wildman–Crippen LogP) is 3.34. The van der Waals surface area contributed by atoms with Crippen LogP contribution in [0.1, 0.15) is 39.4 Å². The van der Waals surface area contributed by atoms with E-state index >= 15 is 0 Å². The van der Waals surface area contributed by atoms with E-state index in [0.29, 0.717) is 23.6 Å². The first-order valence-corrected chi connectivity index (χ1v) is 8.11. The largest absolute Gasteiger partial charge is 0.465 e. The topological polar surface area (TPSA) is 59.8 Å². The Morgan fingerprint density at radius 3 is 2.62 bits per heavy atom. The molecule has 0 saturated carbocycles. The van der Waals surface area contributed by atoms with Crippen LogP contribution in [-0.2, 0) is 16.0 Å². The maximum absolute atomic E-state index is 12.5. The summed E-state index contributed by atoms with van der Waals surface area (Å²) in [4.78, 5) is 26.5. The predicted molar refractivity (Wildman–Crippen MR) is 90.3 cm³/mol. The molecule has 5 heteroatoms. The van der Waals surface area contributed by atoms with Gasteiger partial charge in [-0.25, -0.2) is 4.79 Å². The van der Waals surface area contributed by atoms with Gasteiger partial charge in [-0.05, 0) is 45.2 Å². The molecule has 0 radical (unpaired) electrons. The maximum Gasteiger partial charge on any atom is 0.342 e. The number of benzene rings is 1. The number of carbonyl (C=O) groups excluding carboxylic acids is 2. The molecule has 1 aromatic heterocycles. The Kier molecular flexibility index (Phi) is 4.42. The van der Waals surface area contributed by atoms with Crippen molar-refractivity contribution < 1.29 is 18.7 Å². The molecular formula is C19H21NO4. The van der Waals surface area contributed by atoms with Crippen LogP contribution in [0.4, 0.5) is 5.69 Å². The Labute approximate surface area is 141 Å². The number of nitrogens with zero attached hydrogens (tertiary/aromatic N) is 1. The molecule has 2 heterocycles. The number of rotatable bonds is 3. The minimum absolute atomic E-state index is 0.203. The zero-order valence-corrected chi connectivity index (χ0v) is 14.2. The zero-order chi connectivity index (χ0) is 17.3. The van der Waals surface area contributed by atoms with E-state index < -0.39 is 5.97 Å². The average Bonchev–Trinajstić information content (AvgIpc) is 2.84. The zero-order valence-electron chi connectivity index (χ0n) is 14.2. The van der Waals surface area contributed by atoms with Gasteiger partial charge in [-0.1, -0.05) is 18.2 Å². The van der Waals surface area contributed by atoms with Crippen molar-refractivity contribution >= 4 is 17.6 Å². The van der Waals surface area contributed by atoms with Crippen LogP contribution >= 0.6 is 0 Å². The van der Waals surface area contributed by atoms with Gasteiger partial charge in [0.15, 0.2) is 6.61 Å². The fourth-order valence-electron chi connectivity index (χ4n) is 3.16. The summed E-state index contributed by atoms with van der Waals surface area (Å²) in [5.41, 5.74) is 3.24. The molecule has 2 aromatic rings. The van der Waals surface area contributed by atoms with Crippen LogP contribution in [0, 0.1) is 20.8 Å². The third-order valence-electron chi connectivity index (χ3n) is 4.50. The summed E-state index contributed by atoms with van der Waals surface area (Å²) in [6.07, 6.45) is 1.88. The van der Waals surface area contributed by atoms with Crippen LogP contribution in [0.5, 0.6) is 0 Å². The second-order valence-corrected chi connectivity index (χ2v) is 6.07. The molecule has 1 amide bonds. The van der Waals surface area contributed by atoms with Crippen LogP contribution in [0.3, 0.4) is 0 Å². The third kappa shape index (κ3) is 2.94. The van der Waals surface area contributed by atoms with Crippen molar-refractivity contribution in [2.75, 3.05) is 18.1 Å². The van der Waals surface area contributed by atoms with Crippen molar-refractivity contribution in [2.45, 2.75) is 33.6 Å². The molecule has 5 nitrogen and oxygen atoms in total. The lowest BCUT2D eigenvalue weighted by atomic mass is 10.0. The number of aryl methyl sites for hydroxylation is 3. The number of amides is 1. The number of carbonyl (C=O) groups is 2. The summed E-state index contributed by atoms with van der Waals surface area (Å²) >= 11 is 0. The Bertz CT molecular complexity index is 791. The molecule has 126 valence electrons. The Morgan fingerprint density at radius 2 is 1.92 bits per heavy atom. The maximum atomic E-state index is 12.5. The lowest BCUT2D eigenvalue weighted by Gasteiger charge is -2.29. The molecule has 0 bridgehead atoms. The third-order valence-corrected chi connectivity index (χ3v) is 4.50. The number of esters is 1. The van der Waals surface area contributed by atoms with Gasteiger partial charge in [0, 0.05) is 17.8 Å². The molecule has 1 aliphatic rings. The molecule has 0 saturated heterocycles. The molecule has 3 rings (SSSR count). The Balaban J connectivity index is 1.69. The van der Waals surface area contributed by atoms with E-state index in [9.17, 15) is 9.59 Å². The molecule has 24 heavy (non-hydrogen) atoms. The highest BCUT2D eigenvalue weighted by molar-refractivity contribution is 5.98. The first-order chi connectivity index (χ1) is 11.5. The SMILES string of the molecule is Cc1oc(C)c(C(=O)OCC(=O)N2CCCc3ccccc32)c1C. The Morgan fingerprint density at radius 1 is 1.17 bits per heavy atom. The van der Waals surface area contributed by atoms with Gasteiger partial charge in [0.2, 0.25) is 0 Å². The van der Waals surface area contributed by atoms with Gasteiger partial charge in [0.1, 0.15) is 17.1 Å². The van der Waals surface area contributed by atoms with Crippen molar-refractivity contribution in [1.82, 2.24) is 0 Å². The fraction of sp³-hybridized carbons (Fsp3) is 0.368. The average molecular weight is 327 g/mol. The second-order valence-electron chi connectivity index (χ2n) is 6.07. The standard InChI is InChI=1S/C19H21NO4/c1-12-13(2)24-14(3)18(12)19(22)23-11-17(21)20-10-6-8-15-7-4-5-9-16(15)20/h4-5,7,9H,6,8,10-11H2,1-3H3. The number of fused-ring (bicyclic) bond motifs is 1. The Hall–Kier alpha value is -2.56. The molecule has 1 aromatic carbocycles. The first-order valence-electron chi connectivity index (χ1n) is 8.11. The van der Waals surface area contributed by atoms with Crippen molar-refractivity contribution in [2.24, 2.45) is 0 Å². The van der Waals surface area contributed by atoms with Gasteiger partial charge < -0.3 is 14.1 Å². The number of anilines is 1. The summed E-state index contributed by atoms with van der Waals surface area (Å²) in [6.45, 7) is 5.71. The van der Waals surface area contributed by atoms with Crippen molar-refractivity contribution in [3.05, 3.63) is 52.5 Å². The van der Waals surface area contributed by atoms with Gasteiger partial charge in [0.05, 0.1) is 0 Å².